The molecule has 9 nitrogen and oxygen atoms in total. The first-order valence-corrected chi connectivity index (χ1v) is 11.6. The van der Waals surface area contributed by atoms with Crippen LogP contribution in [0.1, 0.15) is 18.1 Å². The topological polar surface area (TPSA) is 132 Å². The summed E-state index contributed by atoms with van der Waals surface area (Å²) in [7, 11) is -3.37. The van der Waals surface area contributed by atoms with Gasteiger partial charge in [-0.3, -0.25) is 14.9 Å². The molecule has 0 radical (unpaired) electrons. The Hall–Kier alpha value is -2.92. The molecule has 0 spiro atoms. The summed E-state index contributed by atoms with van der Waals surface area (Å²) in [6.45, 7) is 5.12. The van der Waals surface area contributed by atoms with Crippen molar-refractivity contribution in [2.45, 2.75) is 30.9 Å². The smallest absolute Gasteiger partial charge is 0.293 e. The fourth-order valence-corrected chi connectivity index (χ4v) is 4.21. The average molecular weight is 450 g/mol. The van der Waals surface area contributed by atoms with E-state index in [1.165, 1.54) is 24.3 Å². The molecule has 0 aliphatic carbocycles. The summed E-state index contributed by atoms with van der Waals surface area (Å²) < 4.78 is 29.5. The number of hydrogen-bond acceptors (Lipinski definition) is 8. The molecule has 0 saturated heterocycles. The van der Waals surface area contributed by atoms with Crippen LogP contribution in [-0.2, 0) is 14.6 Å². The summed E-state index contributed by atoms with van der Waals surface area (Å²) >= 11 is 1.01. The van der Waals surface area contributed by atoms with Crippen molar-refractivity contribution in [2.75, 3.05) is 16.8 Å². The number of benzene rings is 2. The van der Waals surface area contributed by atoms with Crippen molar-refractivity contribution < 1.29 is 22.6 Å². The van der Waals surface area contributed by atoms with Gasteiger partial charge < -0.3 is 9.73 Å². The third-order valence-corrected chi connectivity index (χ3v) is 7.05. The van der Waals surface area contributed by atoms with Gasteiger partial charge in [-0.1, -0.05) is 18.7 Å². The molecule has 0 bridgehead atoms. The van der Waals surface area contributed by atoms with Crippen molar-refractivity contribution in [1.82, 2.24) is 4.98 Å². The lowest BCUT2D eigenvalue weighted by Crippen LogP contribution is -2.15. The maximum Gasteiger partial charge on any atom is 0.293 e. The third-order valence-electron chi connectivity index (χ3n) is 4.49. The van der Waals surface area contributed by atoms with Crippen LogP contribution in [-0.4, -0.2) is 35.7 Å². The van der Waals surface area contributed by atoms with E-state index < -0.39 is 20.7 Å². The van der Waals surface area contributed by atoms with Crippen LogP contribution in [0.2, 0.25) is 0 Å². The Morgan fingerprint density at radius 3 is 2.60 bits per heavy atom. The highest BCUT2D eigenvalue weighted by atomic mass is 32.2. The zero-order valence-electron chi connectivity index (χ0n) is 16.5. The molecule has 11 heteroatoms. The number of rotatable bonds is 7. The normalized spacial score (nSPS) is 11.6. The molecule has 30 heavy (non-hydrogen) atoms. The van der Waals surface area contributed by atoms with Gasteiger partial charge in [0, 0.05) is 6.07 Å². The molecule has 0 saturated carbocycles. The first-order valence-electron chi connectivity index (χ1n) is 8.92. The van der Waals surface area contributed by atoms with Gasteiger partial charge in [-0.05, 0) is 49.2 Å². The minimum Gasteiger partial charge on any atom is -0.431 e. The van der Waals surface area contributed by atoms with Crippen molar-refractivity contribution >= 4 is 50.0 Å². The zero-order valence-corrected chi connectivity index (χ0v) is 18.1. The van der Waals surface area contributed by atoms with Gasteiger partial charge in [0.15, 0.2) is 15.4 Å². The predicted octanol–water partition coefficient (Wildman–Crippen LogP) is 3.88. The number of oxazole rings is 1. The maximum atomic E-state index is 12.3. The highest BCUT2D eigenvalue weighted by Gasteiger charge is 2.19. The number of fused-ring (bicyclic) bond motifs is 1. The Labute approximate surface area is 176 Å². The summed E-state index contributed by atoms with van der Waals surface area (Å²) in [4.78, 5) is 27.4. The fourth-order valence-electron chi connectivity index (χ4n) is 2.67. The van der Waals surface area contributed by atoms with E-state index in [0.29, 0.717) is 11.1 Å². The van der Waals surface area contributed by atoms with Crippen LogP contribution in [0.15, 0.2) is 44.9 Å². The lowest BCUT2D eigenvalue weighted by atomic mass is 10.1. The number of nitrogens with one attached hydrogen (secondary N) is 1. The van der Waals surface area contributed by atoms with Gasteiger partial charge in [-0.2, -0.15) is 0 Å². The number of nitro groups is 1. The molecular weight excluding hydrogens is 430 g/mol. The third kappa shape index (κ3) is 4.62. The molecule has 3 aromatic rings. The summed E-state index contributed by atoms with van der Waals surface area (Å²) in [6.07, 6.45) is 0. The quantitative estimate of drug-likeness (QED) is 0.326. The number of carbonyl (C=O) groups excluding carboxylic acids is 1. The molecule has 3 rings (SSSR count). The van der Waals surface area contributed by atoms with Crippen LogP contribution < -0.4 is 5.32 Å². The molecule has 158 valence electrons. The molecule has 0 unspecified atom stereocenters. The number of aromatic nitrogens is 1. The van der Waals surface area contributed by atoms with Crippen molar-refractivity contribution in [3.8, 4) is 0 Å². The number of sulfone groups is 1. The van der Waals surface area contributed by atoms with E-state index in [4.69, 9.17) is 4.42 Å². The van der Waals surface area contributed by atoms with Crippen LogP contribution in [0, 0.1) is 24.0 Å². The summed E-state index contributed by atoms with van der Waals surface area (Å²) in [5.74, 6) is -0.567. The first-order chi connectivity index (χ1) is 14.1. The fraction of sp³-hybridized carbons (Fsp3) is 0.263. The second-order valence-electron chi connectivity index (χ2n) is 6.56. The molecule has 0 aliphatic heterocycles. The molecule has 2 aromatic carbocycles. The van der Waals surface area contributed by atoms with Gasteiger partial charge in [0.2, 0.25) is 5.91 Å². The van der Waals surface area contributed by atoms with Crippen LogP contribution in [0.4, 0.5) is 11.4 Å². The van der Waals surface area contributed by atoms with E-state index >= 15 is 0 Å². The Morgan fingerprint density at radius 2 is 1.93 bits per heavy atom. The highest BCUT2D eigenvalue weighted by Crippen LogP contribution is 2.29. The number of nitrogens with zero attached hydrogens (tertiary/aromatic N) is 2. The van der Waals surface area contributed by atoms with E-state index in [-0.39, 0.29) is 33.0 Å². The van der Waals surface area contributed by atoms with Crippen LogP contribution in [0.25, 0.3) is 11.1 Å². The Kier molecular flexibility index (Phi) is 6.13. The number of amides is 1. The van der Waals surface area contributed by atoms with Gasteiger partial charge in [0.25, 0.3) is 10.9 Å². The monoisotopic (exact) mass is 449 g/mol. The number of thioether (sulfide) groups is 1. The van der Waals surface area contributed by atoms with E-state index in [2.05, 4.69) is 10.3 Å². The Balaban J connectivity index is 1.73. The summed E-state index contributed by atoms with van der Waals surface area (Å²) in [5, 5.41) is 14.0. The van der Waals surface area contributed by atoms with Gasteiger partial charge in [-0.25, -0.2) is 13.4 Å². The lowest BCUT2D eigenvalue weighted by molar-refractivity contribution is -0.384. The van der Waals surface area contributed by atoms with E-state index in [1.54, 1.807) is 26.8 Å². The van der Waals surface area contributed by atoms with Crippen LogP contribution in [0.5, 0.6) is 0 Å². The minimum atomic E-state index is -3.37. The van der Waals surface area contributed by atoms with Gasteiger partial charge >= 0.3 is 0 Å². The summed E-state index contributed by atoms with van der Waals surface area (Å²) in [5.41, 5.74) is 2.30. The van der Waals surface area contributed by atoms with Crippen LogP contribution >= 0.6 is 11.8 Å². The Bertz CT molecular complexity index is 1250. The number of nitro benzene ring substituents is 1. The largest absolute Gasteiger partial charge is 0.431 e. The van der Waals surface area contributed by atoms with Gasteiger partial charge in [0.1, 0.15) is 11.2 Å². The summed E-state index contributed by atoms with van der Waals surface area (Å²) in [6, 6.07) is 7.38. The number of anilines is 1. The van der Waals surface area contributed by atoms with Crippen molar-refractivity contribution in [2.24, 2.45) is 0 Å². The van der Waals surface area contributed by atoms with Crippen LogP contribution in [0.3, 0.4) is 0 Å². The zero-order chi connectivity index (χ0) is 22.1. The lowest BCUT2D eigenvalue weighted by Gasteiger charge is -2.08. The minimum absolute atomic E-state index is 0.0250. The molecule has 1 heterocycles. The van der Waals surface area contributed by atoms with Gasteiger partial charge in [0.05, 0.1) is 21.3 Å². The van der Waals surface area contributed by atoms with E-state index in [0.717, 1.165) is 22.9 Å². The maximum absolute atomic E-state index is 12.3. The highest BCUT2D eigenvalue weighted by molar-refractivity contribution is 7.99. The number of aryl methyl sites for hydroxylation is 2. The average Bonchev–Trinajstić information content (AvgIpc) is 3.11. The first kappa shape index (κ1) is 21.8. The molecule has 1 aromatic heterocycles. The molecular formula is C19H19N3O6S2. The van der Waals surface area contributed by atoms with E-state index in [1.807, 2.05) is 0 Å². The number of hydrogen-bond donors (Lipinski definition) is 1. The van der Waals surface area contributed by atoms with Crippen molar-refractivity contribution in [1.29, 1.82) is 0 Å². The predicted molar refractivity (Wildman–Crippen MR) is 114 cm³/mol. The second kappa shape index (κ2) is 8.44. The molecule has 0 atom stereocenters. The SMILES string of the molecule is CCS(=O)(=O)c1ccc2oc(SCC(=O)Nc3cc(C)c(C)cc3[N+](=O)[O-])nc2c1. The van der Waals surface area contributed by atoms with E-state index in [9.17, 15) is 23.3 Å². The molecule has 0 aliphatic rings. The second-order valence-corrected chi connectivity index (χ2v) is 9.77. The molecule has 0 fully saturated rings. The molecule has 1 amide bonds. The van der Waals surface area contributed by atoms with Gasteiger partial charge in [-0.15, -0.1) is 0 Å². The standard InChI is InChI=1S/C19H19N3O6S2/c1-4-30(26,27)13-5-6-17-15(9-13)21-19(28-17)29-10-18(23)20-14-7-11(2)12(3)8-16(14)22(24)25/h5-9H,4,10H2,1-3H3,(H,20,23). The molecule has 1 N–H and O–H groups in total. The van der Waals surface area contributed by atoms with Crippen molar-refractivity contribution in [3.63, 3.8) is 0 Å². The Morgan fingerprint density at radius 1 is 1.23 bits per heavy atom. The number of carbonyl (C=O) groups is 1. The van der Waals surface area contributed by atoms with Crippen molar-refractivity contribution in [3.05, 3.63) is 51.6 Å².